The van der Waals surface area contributed by atoms with Crippen LogP contribution in [0.4, 0.5) is 0 Å². The van der Waals surface area contributed by atoms with Crippen LogP contribution >= 0.6 is 11.6 Å². The zero-order valence-corrected chi connectivity index (χ0v) is 7.94. The van der Waals surface area contributed by atoms with Crippen molar-refractivity contribution < 1.29 is 0 Å². The molecule has 0 rings (SSSR count). The molecule has 0 aromatic rings. The highest BCUT2D eigenvalue weighted by atomic mass is 35.5. The van der Waals surface area contributed by atoms with Crippen LogP contribution in [-0.2, 0) is 0 Å². The summed E-state index contributed by atoms with van der Waals surface area (Å²) in [6.07, 6.45) is 1.08. The fraction of sp³-hybridized carbons (Fsp3) is 0.875. The van der Waals surface area contributed by atoms with Crippen LogP contribution in [0.15, 0.2) is 4.99 Å². The molecule has 0 radical (unpaired) electrons. The smallest absolute Gasteiger partial charge is 0.0683 e. The second kappa shape index (κ2) is 4.73. The SMILES string of the molecule is CCC(C)N=C(C)C(C)Cl. The molecular formula is C8H16ClN. The molecule has 10 heavy (non-hydrogen) atoms. The second-order valence-corrected chi connectivity index (χ2v) is 3.30. The highest BCUT2D eigenvalue weighted by Crippen LogP contribution is 2.02. The molecule has 0 aromatic heterocycles. The lowest BCUT2D eigenvalue weighted by atomic mass is 10.2. The van der Waals surface area contributed by atoms with Crippen molar-refractivity contribution in [2.45, 2.75) is 45.5 Å². The molecule has 0 amide bonds. The summed E-state index contributed by atoms with van der Waals surface area (Å²) in [7, 11) is 0. The summed E-state index contributed by atoms with van der Waals surface area (Å²) < 4.78 is 0. The van der Waals surface area contributed by atoms with Crippen LogP contribution in [0.3, 0.4) is 0 Å². The first kappa shape index (κ1) is 9.96. The molecule has 2 heteroatoms. The maximum Gasteiger partial charge on any atom is 0.0683 e. The summed E-state index contributed by atoms with van der Waals surface area (Å²) in [5.41, 5.74) is 1.04. The van der Waals surface area contributed by atoms with Crippen LogP contribution in [-0.4, -0.2) is 17.1 Å². The first-order chi connectivity index (χ1) is 4.57. The Balaban J connectivity index is 3.89. The largest absolute Gasteiger partial charge is 0.290 e. The van der Waals surface area contributed by atoms with Crippen LogP contribution in [0.25, 0.3) is 0 Å². The van der Waals surface area contributed by atoms with E-state index in [1.807, 2.05) is 13.8 Å². The molecule has 0 saturated carbocycles. The van der Waals surface area contributed by atoms with Gasteiger partial charge in [0.15, 0.2) is 0 Å². The van der Waals surface area contributed by atoms with Gasteiger partial charge >= 0.3 is 0 Å². The third kappa shape index (κ3) is 3.89. The Kier molecular flexibility index (Phi) is 4.71. The van der Waals surface area contributed by atoms with Gasteiger partial charge in [-0.3, -0.25) is 4.99 Å². The number of aliphatic imine (C=N–C) groups is 1. The molecule has 60 valence electrons. The Morgan fingerprint density at radius 1 is 1.50 bits per heavy atom. The van der Waals surface area contributed by atoms with Crippen molar-refractivity contribution in [1.29, 1.82) is 0 Å². The third-order valence-corrected chi connectivity index (χ3v) is 1.91. The number of hydrogen-bond acceptors (Lipinski definition) is 1. The van der Waals surface area contributed by atoms with E-state index in [1.54, 1.807) is 0 Å². The Morgan fingerprint density at radius 3 is 2.30 bits per heavy atom. The van der Waals surface area contributed by atoms with E-state index in [4.69, 9.17) is 11.6 Å². The lowest BCUT2D eigenvalue weighted by Gasteiger charge is -2.06. The number of alkyl halides is 1. The van der Waals surface area contributed by atoms with Crippen molar-refractivity contribution in [2.75, 3.05) is 0 Å². The molecule has 0 aromatic carbocycles. The van der Waals surface area contributed by atoms with E-state index < -0.39 is 0 Å². The van der Waals surface area contributed by atoms with Gasteiger partial charge in [-0.05, 0) is 27.2 Å². The summed E-state index contributed by atoms with van der Waals surface area (Å²) >= 11 is 5.80. The minimum absolute atomic E-state index is 0.0778. The Hall–Kier alpha value is -0.0400. The average Bonchev–Trinajstić information content (AvgIpc) is 1.87. The molecular weight excluding hydrogens is 146 g/mol. The molecule has 2 atom stereocenters. The topological polar surface area (TPSA) is 12.4 Å². The average molecular weight is 162 g/mol. The van der Waals surface area contributed by atoms with Crippen molar-refractivity contribution in [2.24, 2.45) is 4.99 Å². The van der Waals surface area contributed by atoms with Gasteiger partial charge in [0.05, 0.1) is 5.38 Å². The standard InChI is InChI=1S/C8H16ClN/c1-5-6(2)10-8(4)7(3)9/h6-7H,5H2,1-4H3. The normalized spacial score (nSPS) is 18.7. The number of halogens is 1. The minimum atomic E-state index is 0.0778. The summed E-state index contributed by atoms with van der Waals surface area (Å²) in [6, 6.07) is 0.418. The van der Waals surface area contributed by atoms with Crippen LogP contribution in [0.2, 0.25) is 0 Å². The van der Waals surface area contributed by atoms with Crippen molar-refractivity contribution in [3.63, 3.8) is 0 Å². The van der Waals surface area contributed by atoms with Gasteiger partial charge in [-0.25, -0.2) is 0 Å². The van der Waals surface area contributed by atoms with Crippen LogP contribution < -0.4 is 0 Å². The third-order valence-electron chi connectivity index (χ3n) is 1.59. The van der Waals surface area contributed by atoms with Crippen molar-refractivity contribution in [1.82, 2.24) is 0 Å². The zero-order valence-electron chi connectivity index (χ0n) is 7.19. The molecule has 0 N–H and O–H groups in total. The summed E-state index contributed by atoms with van der Waals surface area (Å²) in [5.74, 6) is 0. The Morgan fingerprint density at radius 2 is 2.00 bits per heavy atom. The molecule has 0 fully saturated rings. The molecule has 0 spiro atoms. The Bertz CT molecular complexity index is 118. The predicted octanol–water partition coefficient (Wildman–Crippen LogP) is 2.87. The van der Waals surface area contributed by atoms with Crippen molar-refractivity contribution >= 4 is 17.3 Å². The van der Waals surface area contributed by atoms with E-state index in [9.17, 15) is 0 Å². The lowest BCUT2D eigenvalue weighted by Crippen LogP contribution is -2.09. The fourth-order valence-corrected chi connectivity index (χ4v) is 0.598. The molecule has 2 unspecified atom stereocenters. The van der Waals surface area contributed by atoms with E-state index in [1.165, 1.54) is 0 Å². The molecule has 0 heterocycles. The summed E-state index contributed by atoms with van der Waals surface area (Å²) in [6.45, 7) is 8.15. The minimum Gasteiger partial charge on any atom is -0.290 e. The van der Waals surface area contributed by atoms with Gasteiger partial charge in [0.1, 0.15) is 0 Å². The van der Waals surface area contributed by atoms with Gasteiger partial charge in [-0.15, -0.1) is 11.6 Å². The molecule has 0 aliphatic rings. The molecule has 0 aliphatic heterocycles. The van der Waals surface area contributed by atoms with Crippen LogP contribution in [0.1, 0.15) is 34.1 Å². The van der Waals surface area contributed by atoms with Gasteiger partial charge in [0.2, 0.25) is 0 Å². The Labute approximate surface area is 68.5 Å². The highest BCUT2D eigenvalue weighted by molar-refractivity contribution is 6.31. The highest BCUT2D eigenvalue weighted by Gasteiger charge is 2.01. The molecule has 1 nitrogen and oxygen atoms in total. The van der Waals surface area contributed by atoms with Crippen molar-refractivity contribution in [3.8, 4) is 0 Å². The maximum absolute atomic E-state index is 5.80. The zero-order chi connectivity index (χ0) is 8.15. The van der Waals surface area contributed by atoms with Gasteiger partial charge in [0, 0.05) is 11.8 Å². The van der Waals surface area contributed by atoms with E-state index in [0.717, 1.165) is 12.1 Å². The second-order valence-electron chi connectivity index (χ2n) is 2.64. The van der Waals surface area contributed by atoms with Gasteiger partial charge in [-0.1, -0.05) is 6.92 Å². The number of nitrogens with zero attached hydrogens (tertiary/aromatic N) is 1. The molecule has 0 saturated heterocycles. The van der Waals surface area contributed by atoms with E-state index >= 15 is 0 Å². The quantitative estimate of drug-likeness (QED) is 0.446. The van der Waals surface area contributed by atoms with Crippen LogP contribution in [0, 0.1) is 0 Å². The first-order valence-electron chi connectivity index (χ1n) is 3.76. The maximum atomic E-state index is 5.80. The van der Waals surface area contributed by atoms with Gasteiger partial charge < -0.3 is 0 Å². The number of hydrogen-bond donors (Lipinski definition) is 0. The first-order valence-corrected chi connectivity index (χ1v) is 4.20. The molecule has 0 aliphatic carbocycles. The predicted molar refractivity (Wildman–Crippen MR) is 48.2 cm³/mol. The monoisotopic (exact) mass is 161 g/mol. The lowest BCUT2D eigenvalue weighted by molar-refractivity contribution is 0.714. The van der Waals surface area contributed by atoms with E-state index in [2.05, 4.69) is 18.8 Å². The number of rotatable bonds is 3. The summed E-state index contributed by atoms with van der Waals surface area (Å²) in [4.78, 5) is 4.38. The molecule has 0 bridgehead atoms. The fourth-order valence-electron chi connectivity index (χ4n) is 0.542. The van der Waals surface area contributed by atoms with Crippen molar-refractivity contribution in [3.05, 3.63) is 0 Å². The summed E-state index contributed by atoms with van der Waals surface area (Å²) in [5, 5.41) is 0.0778. The van der Waals surface area contributed by atoms with Gasteiger partial charge in [0.25, 0.3) is 0 Å². The van der Waals surface area contributed by atoms with E-state index in [-0.39, 0.29) is 5.38 Å². The van der Waals surface area contributed by atoms with Crippen LogP contribution in [0.5, 0.6) is 0 Å². The van der Waals surface area contributed by atoms with E-state index in [0.29, 0.717) is 6.04 Å². The van der Waals surface area contributed by atoms with Gasteiger partial charge in [-0.2, -0.15) is 0 Å².